The van der Waals surface area contributed by atoms with Gasteiger partial charge in [0.2, 0.25) is 11.8 Å². The Morgan fingerprint density at radius 3 is 2.61 bits per heavy atom. The van der Waals surface area contributed by atoms with Crippen molar-refractivity contribution in [3.05, 3.63) is 106 Å². The fourth-order valence-corrected chi connectivity index (χ4v) is 5.56. The molecule has 3 heterocycles. The molecule has 3 atom stereocenters. The molecular formula is C28H26N4O4. The van der Waals surface area contributed by atoms with Crippen LogP contribution in [0.1, 0.15) is 34.0 Å². The molecule has 3 N–H and O–H groups in total. The number of aromatic amines is 1. The van der Waals surface area contributed by atoms with Gasteiger partial charge in [0.05, 0.1) is 6.04 Å². The number of piperazine rings is 1. The molecule has 1 saturated heterocycles. The van der Waals surface area contributed by atoms with Crippen LogP contribution in [0.2, 0.25) is 0 Å². The number of amides is 2. The molecule has 8 nitrogen and oxygen atoms in total. The second kappa shape index (κ2) is 8.60. The van der Waals surface area contributed by atoms with Crippen molar-refractivity contribution >= 4 is 28.4 Å². The first-order valence-electron chi connectivity index (χ1n) is 12.0. The fourth-order valence-electron chi connectivity index (χ4n) is 5.56. The summed E-state index contributed by atoms with van der Waals surface area (Å²) in [6, 6.07) is 21.3. The van der Waals surface area contributed by atoms with E-state index >= 15 is 0 Å². The summed E-state index contributed by atoms with van der Waals surface area (Å²) < 4.78 is 0. The Morgan fingerprint density at radius 1 is 1.06 bits per heavy atom. The predicted octanol–water partition coefficient (Wildman–Crippen LogP) is 2.76. The lowest BCUT2D eigenvalue weighted by Gasteiger charge is -2.47. The van der Waals surface area contributed by atoms with Crippen molar-refractivity contribution in [1.29, 1.82) is 0 Å². The van der Waals surface area contributed by atoms with Crippen molar-refractivity contribution in [2.45, 2.75) is 32.0 Å². The Morgan fingerprint density at radius 2 is 1.83 bits per heavy atom. The molecular weight excluding hydrogens is 456 g/mol. The number of H-pyrrole nitrogens is 1. The van der Waals surface area contributed by atoms with Crippen molar-refractivity contribution in [2.24, 2.45) is 0 Å². The van der Waals surface area contributed by atoms with Crippen LogP contribution in [0, 0.1) is 12.1 Å². The van der Waals surface area contributed by atoms with Crippen LogP contribution < -0.4 is 5.23 Å². The first-order chi connectivity index (χ1) is 17.4. The number of hydrogen-bond acceptors (Lipinski definition) is 4. The molecule has 36 heavy (non-hydrogen) atoms. The highest BCUT2D eigenvalue weighted by Gasteiger charge is 2.48. The zero-order valence-electron chi connectivity index (χ0n) is 19.8. The molecule has 2 aliphatic heterocycles. The van der Waals surface area contributed by atoms with Gasteiger partial charge in [0.25, 0.3) is 0 Å². The number of nitrogens with zero attached hydrogens (tertiary/aromatic N) is 2. The van der Waals surface area contributed by atoms with E-state index in [1.807, 2.05) is 61.5 Å². The van der Waals surface area contributed by atoms with E-state index in [1.54, 1.807) is 21.9 Å². The highest BCUT2D eigenvalue weighted by molar-refractivity contribution is 5.97. The first kappa shape index (κ1) is 22.5. The maximum absolute atomic E-state index is 13.8. The van der Waals surface area contributed by atoms with E-state index in [1.165, 1.54) is 6.07 Å². The summed E-state index contributed by atoms with van der Waals surface area (Å²) in [5.41, 5.74) is 5.68. The van der Waals surface area contributed by atoms with Crippen LogP contribution in [0.5, 0.6) is 0 Å². The smallest absolute Gasteiger partial charge is 0.246 e. The lowest BCUT2D eigenvalue weighted by Crippen LogP contribution is -2.99. The number of para-hydroxylation sites is 1. The van der Waals surface area contributed by atoms with Gasteiger partial charge in [-0.25, -0.2) is 5.21 Å². The van der Waals surface area contributed by atoms with Gasteiger partial charge in [-0.15, -0.1) is 0 Å². The molecule has 1 fully saturated rings. The average Bonchev–Trinajstić information content (AvgIpc) is 3.25. The summed E-state index contributed by atoms with van der Waals surface area (Å²) in [5.74, 6) is -0.243. The molecule has 0 spiro atoms. The Bertz CT molecular complexity index is 1480. The highest BCUT2D eigenvalue weighted by Crippen LogP contribution is 2.42. The molecule has 3 aromatic carbocycles. The van der Waals surface area contributed by atoms with Crippen molar-refractivity contribution in [2.75, 3.05) is 6.54 Å². The molecule has 0 bridgehead atoms. The number of quaternary nitrogens is 1. The summed E-state index contributed by atoms with van der Waals surface area (Å²) in [7, 11) is 0. The Kier molecular flexibility index (Phi) is 5.37. The Hall–Kier alpha value is -3.98. The van der Waals surface area contributed by atoms with Gasteiger partial charge in [0.1, 0.15) is 12.6 Å². The number of hydrogen-bond donors (Lipinski definition) is 3. The largest absolute Gasteiger partial charge is 0.595 e. The molecule has 3 unspecified atom stereocenters. The van der Waals surface area contributed by atoms with E-state index in [9.17, 15) is 20.0 Å². The van der Waals surface area contributed by atoms with Crippen molar-refractivity contribution in [3.63, 3.8) is 0 Å². The topological polar surface area (TPSA) is 104 Å². The van der Waals surface area contributed by atoms with E-state index in [0.29, 0.717) is 18.5 Å². The van der Waals surface area contributed by atoms with Gasteiger partial charge >= 0.3 is 0 Å². The number of aryl methyl sites for hydroxylation is 1. The summed E-state index contributed by atoms with van der Waals surface area (Å²) in [6.07, 6.45) is 0.406. The zero-order valence-corrected chi connectivity index (χ0v) is 19.8. The van der Waals surface area contributed by atoms with Crippen LogP contribution in [0.4, 0.5) is 5.69 Å². The summed E-state index contributed by atoms with van der Waals surface area (Å²) in [6.45, 7) is 2.36. The number of rotatable bonds is 4. The molecule has 1 aromatic heterocycles. The Balaban J connectivity index is 1.45. The molecule has 2 amide bonds. The van der Waals surface area contributed by atoms with Gasteiger partial charge in [-0.2, -0.15) is 5.23 Å². The molecule has 4 aromatic rings. The lowest BCUT2D eigenvalue weighted by atomic mass is 9.86. The standard InChI is InChI=1S/C28H26N4O4/c1-17-9-11-18(12-10-17)15-30-16-25(33)31-24(28(30)34)14-22-21-7-2-3-8-23(21)29-26(22)27(31)19-5-4-6-20(13-19)32(35)36/h2-13,24,27,29,32,35H,14-16H2,1H3. The van der Waals surface area contributed by atoms with Crippen molar-refractivity contribution in [3.8, 4) is 0 Å². The van der Waals surface area contributed by atoms with Gasteiger partial charge < -0.3 is 20.0 Å². The predicted molar refractivity (Wildman–Crippen MR) is 133 cm³/mol. The average molecular weight is 483 g/mol. The van der Waals surface area contributed by atoms with Gasteiger partial charge in [-0.3, -0.25) is 9.59 Å². The minimum Gasteiger partial charge on any atom is -0.595 e. The van der Waals surface area contributed by atoms with Crippen LogP contribution in [0.3, 0.4) is 0 Å². The highest BCUT2D eigenvalue weighted by atomic mass is 16.8. The third-order valence-electron chi connectivity index (χ3n) is 7.29. The normalized spacial score (nSPS) is 20.4. The van der Waals surface area contributed by atoms with E-state index in [2.05, 4.69) is 4.98 Å². The Labute approximate surface area is 207 Å². The van der Waals surface area contributed by atoms with Gasteiger partial charge in [0, 0.05) is 41.7 Å². The molecule has 0 aliphatic carbocycles. The van der Waals surface area contributed by atoms with Gasteiger partial charge in [-0.05, 0) is 29.7 Å². The van der Waals surface area contributed by atoms with Crippen LogP contribution in [0.15, 0.2) is 72.8 Å². The number of nitrogens with one attached hydrogen (secondary N) is 2. The molecule has 2 aliphatic rings. The first-order valence-corrected chi connectivity index (χ1v) is 12.0. The number of carbonyl (C=O) groups is 2. The van der Waals surface area contributed by atoms with E-state index in [-0.39, 0.29) is 24.0 Å². The van der Waals surface area contributed by atoms with Crippen LogP contribution >= 0.6 is 0 Å². The van der Waals surface area contributed by atoms with Crippen LogP contribution in [0.25, 0.3) is 10.9 Å². The minimum absolute atomic E-state index is 0.0199. The van der Waals surface area contributed by atoms with Gasteiger partial charge in [0.15, 0.2) is 5.69 Å². The van der Waals surface area contributed by atoms with E-state index < -0.39 is 17.3 Å². The van der Waals surface area contributed by atoms with Crippen molar-refractivity contribution < 1.29 is 20.0 Å². The number of carbonyl (C=O) groups excluding carboxylic acids is 2. The third-order valence-corrected chi connectivity index (χ3v) is 7.29. The SMILES string of the molecule is Cc1ccc(CN2CC(=O)N3C(Cc4c([nH]c5ccccc45)C3c3cccc([NH+]([O-])O)c3)C2=O)cc1. The quantitative estimate of drug-likeness (QED) is 0.389. The summed E-state index contributed by atoms with van der Waals surface area (Å²) >= 11 is 0. The molecule has 8 heteroatoms. The number of benzene rings is 3. The number of aromatic nitrogens is 1. The molecule has 0 radical (unpaired) electrons. The summed E-state index contributed by atoms with van der Waals surface area (Å²) in [5, 5.41) is 21.3. The monoisotopic (exact) mass is 482 g/mol. The van der Waals surface area contributed by atoms with E-state index in [0.717, 1.165) is 33.3 Å². The fraction of sp³-hybridized carbons (Fsp3) is 0.214. The van der Waals surface area contributed by atoms with Crippen LogP contribution in [-0.2, 0) is 22.6 Å². The second-order valence-electron chi connectivity index (χ2n) is 9.60. The maximum atomic E-state index is 13.8. The minimum atomic E-state index is -1.04. The van der Waals surface area contributed by atoms with Crippen LogP contribution in [-0.4, -0.2) is 44.4 Å². The molecule has 0 saturated carbocycles. The number of fused-ring (bicyclic) bond motifs is 4. The van der Waals surface area contributed by atoms with Gasteiger partial charge in [-0.1, -0.05) is 60.2 Å². The lowest BCUT2D eigenvalue weighted by molar-refractivity contribution is -0.991. The molecule has 182 valence electrons. The van der Waals surface area contributed by atoms with E-state index in [4.69, 9.17) is 0 Å². The maximum Gasteiger partial charge on any atom is 0.246 e. The zero-order chi connectivity index (χ0) is 25.0. The third kappa shape index (κ3) is 3.67. The molecule has 6 rings (SSSR count). The van der Waals surface area contributed by atoms with Crippen molar-refractivity contribution in [1.82, 2.24) is 14.8 Å². The summed E-state index contributed by atoms with van der Waals surface area (Å²) in [4.78, 5) is 34.3. The second-order valence-corrected chi connectivity index (χ2v) is 9.60.